The molecule has 0 bridgehead atoms. The van der Waals surface area contributed by atoms with Crippen LogP contribution in [0, 0.1) is 11.8 Å². The van der Waals surface area contributed by atoms with Gasteiger partial charge in [0.05, 0.1) is 4.90 Å². The monoisotopic (exact) mass is 495 g/mol. The quantitative estimate of drug-likeness (QED) is 0.551. The van der Waals surface area contributed by atoms with Gasteiger partial charge in [0.25, 0.3) is 5.91 Å². The van der Waals surface area contributed by atoms with Crippen LogP contribution in [0.2, 0.25) is 0 Å². The van der Waals surface area contributed by atoms with Crippen molar-refractivity contribution in [1.29, 1.82) is 0 Å². The van der Waals surface area contributed by atoms with Gasteiger partial charge in [-0.05, 0) is 65.1 Å². The average molecular weight is 496 g/mol. The number of sulfonamides is 1. The van der Waals surface area contributed by atoms with E-state index in [1.165, 1.54) is 28.1 Å². The third-order valence-corrected chi connectivity index (χ3v) is 8.77. The first-order valence-electron chi connectivity index (χ1n) is 11.9. The Bertz CT molecular complexity index is 1200. The van der Waals surface area contributed by atoms with Gasteiger partial charge in [-0.1, -0.05) is 51.6 Å². The highest BCUT2D eigenvalue weighted by Crippen LogP contribution is 2.47. The van der Waals surface area contributed by atoms with Crippen molar-refractivity contribution in [2.75, 3.05) is 19.6 Å². The fraction of sp³-hybridized carbons (Fsp3) is 0.407. The van der Waals surface area contributed by atoms with Crippen LogP contribution in [0.4, 0.5) is 0 Å². The molecule has 0 spiro atoms. The van der Waals surface area contributed by atoms with E-state index in [0.717, 1.165) is 5.56 Å². The van der Waals surface area contributed by atoms with Crippen molar-refractivity contribution in [2.24, 2.45) is 11.8 Å². The largest absolute Gasteiger partial charge is 0.352 e. The standard InChI is InChI=1S/C27H33N3O4S/c1-5-24(31)29-25-22-16-30(17-23(22)25)35(33,34)21-12-8-19(9-13-21)26(32)28-15-14-18-6-10-20(11-7-18)27(2,3)4/h5-13,22-23,25H,1,14-17H2,2-4H3,(H,28,32)(H,29,31). The summed E-state index contributed by atoms with van der Waals surface area (Å²) in [5.41, 5.74) is 2.94. The molecule has 2 amide bonds. The second-order valence-corrected chi connectivity index (χ2v) is 12.3. The van der Waals surface area contributed by atoms with Crippen LogP contribution in [0.3, 0.4) is 0 Å². The number of piperidine rings is 1. The maximum atomic E-state index is 13.0. The summed E-state index contributed by atoms with van der Waals surface area (Å²) in [6.07, 6.45) is 1.94. The smallest absolute Gasteiger partial charge is 0.251 e. The first-order valence-corrected chi connectivity index (χ1v) is 13.4. The molecule has 7 nitrogen and oxygen atoms in total. The van der Waals surface area contributed by atoms with E-state index in [9.17, 15) is 18.0 Å². The Hall–Kier alpha value is -2.97. The number of carbonyl (C=O) groups is 2. The highest BCUT2D eigenvalue weighted by Gasteiger charge is 2.58. The lowest BCUT2D eigenvalue weighted by molar-refractivity contribution is -0.116. The number of carbonyl (C=O) groups excluding carboxylic acids is 2. The topological polar surface area (TPSA) is 95.6 Å². The Morgan fingerprint density at radius 1 is 1.03 bits per heavy atom. The average Bonchev–Trinajstić information content (AvgIpc) is 3.25. The molecule has 35 heavy (non-hydrogen) atoms. The second-order valence-electron chi connectivity index (χ2n) is 10.4. The van der Waals surface area contributed by atoms with E-state index in [0.29, 0.717) is 31.6 Å². The van der Waals surface area contributed by atoms with Crippen molar-refractivity contribution in [3.05, 3.63) is 77.9 Å². The van der Waals surface area contributed by atoms with Crippen LogP contribution in [0.25, 0.3) is 0 Å². The van der Waals surface area contributed by atoms with Crippen molar-refractivity contribution in [2.45, 2.75) is 43.5 Å². The van der Waals surface area contributed by atoms with Crippen molar-refractivity contribution < 1.29 is 18.0 Å². The molecule has 2 aromatic carbocycles. The van der Waals surface area contributed by atoms with Crippen LogP contribution in [0.15, 0.2) is 66.1 Å². The van der Waals surface area contributed by atoms with Crippen molar-refractivity contribution in [3.8, 4) is 0 Å². The summed E-state index contributed by atoms with van der Waals surface area (Å²) in [6, 6.07) is 14.5. The van der Waals surface area contributed by atoms with E-state index >= 15 is 0 Å². The van der Waals surface area contributed by atoms with E-state index in [1.807, 2.05) is 0 Å². The Balaban J connectivity index is 1.28. The zero-order valence-electron chi connectivity index (χ0n) is 20.5. The number of fused-ring (bicyclic) bond motifs is 1. The molecule has 8 heteroatoms. The van der Waals surface area contributed by atoms with Gasteiger partial charge < -0.3 is 10.6 Å². The summed E-state index contributed by atoms with van der Waals surface area (Å²) >= 11 is 0. The number of rotatable bonds is 8. The first-order chi connectivity index (χ1) is 16.5. The molecule has 186 valence electrons. The molecule has 2 atom stereocenters. The molecule has 1 aliphatic carbocycles. The molecule has 4 rings (SSSR count). The molecular weight excluding hydrogens is 462 g/mol. The highest BCUT2D eigenvalue weighted by atomic mass is 32.2. The minimum absolute atomic E-state index is 0.0226. The van der Waals surface area contributed by atoms with Crippen LogP contribution < -0.4 is 10.6 Å². The molecule has 2 N–H and O–H groups in total. The maximum absolute atomic E-state index is 13.0. The van der Waals surface area contributed by atoms with Gasteiger partial charge in [-0.15, -0.1) is 0 Å². The van der Waals surface area contributed by atoms with Gasteiger partial charge in [-0.2, -0.15) is 4.31 Å². The van der Waals surface area contributed by atoms with E-state index in [1.54, 1.807) is 12.1 Å². The van der Waals surface area contributed by atoms with Crippen LogP contribution in [0.5, 0.6) is 0 Å². The predicted molar refractivity (Wildman–Crippen MR) is 135 cm³/mol. The fourth-order valence-electron chi connectivity index (χ4n) is 4.64. The Morgan fingerprint density at radius 2 is 1.63 bits per heavy atom. The van der Waals surface area contributed by atoms with Gasteiger partial charge >= 0.3 is 0 Å². The molecule has 2 aromatic rings. The number of hydrogen-bond donors (Lipinski definition) is 2. The first kappa shape index (κ1) is 25.1. The lowest BCUT2D eigenvalue weighted by atomic mass is 9.86. The number of benzene rings is 2. The molecule has 1 aliphatic heterocycles. The normalized spacial score (nSPS) is 21.7. The number of amides is 2. The third kappa shape index (κ3) is 5.49. The van der Waals surface area contributed by atoms with E-state index < -0.39 is 10.0 Å². The highest BCUT2D eigenvalue weighted by molar-refractivity contribution is 7.89. The summed E-state index contributed by atoms with van der Waals surface area (Å²) in [5.74, 6) is -0.179. The zero-order chi connectivity index (χ0) is 25.4. The Morgan fingerprint density at radius 3 is 2.17 bits per heavy atom. The maximum Gasteiger partial charge on any atom is 0.251 e. The summed E-state index contributed by atoms with van der Waals surface area (Å²) in [4.78, 5) is 24.2. The van der Waals surface area contributed by atoms with Gasteiger partial charge in [-0.25, -0.2) is 8.42 Å². The van der Waals surface area contributed by atoms with Crippen LogP contribution in [-0.4, -0.2) is 50.2 Å². The number of nitrogens with zero attached hydrogens (tertiary/aromatic N) is 1. The molecule has 0 aromatic heterocycles. The van der Waals surface area contributed by atoms with Crippen molar-refractivity contribution in [1.82, 2.24) is 14.9 Å². The molecule has 2 fully saturated rings. The fourth-order valence-corrected chi connectivity index (χ4v) is 6.16. The minimum atomic E-state index is -3.64. The number of hydrogen-bond acceptors (Lipinski definition) is 4. The van der Waals surface area contributed by atoms with Gasteiger partial charge in [0.1, 0.15) is 0 Å². The molecule has 0 radical (unpaired) electrons. The lowest BCUT2D eigenvalue weighted by Crippen LogP contribution is -2.37. The van der Waals surface area contributed by atoms with Crippen LogP contribution >= 0.6 is 0 Å². The molecule has 2 unspecified atom stereocenters. The van der Waals surface area contributed by atoms with Crippen molar-refractivity contribution >= 4 is 21.8 Å². The number of nitrogens with one attached hydrogen (secondary N) is 2. The molecular formula is C27H33N3O4S. The van der Waals surface area contributed by atoms with Gasteiger partial charge in [0.15, 0.2) is 0 Å². The Labute approximate surface area is 207 Å². The zero-order valence-corrected chi connectivity index (χ0v) is 21.3. The molecule has 1 saturated carbocycles. The molecule has 2 aliphatic rings. The van der Waals surface area contributed by atoms with Gasteiger partial charge in [0.2, 0.25) is 15.9 Å². The SMILES string of the molecule is C=CC(=O)NC1C2CN(S(=O)(=O)c3ccc(C(=O)NCCc4ccc(C(C)(C)C)cc4)cc3)CC21. The minimum Gasteiger partial charge on any atom is -0.352 e. The van der Waals surface area contributed by atoms with E-state index in [-0.39, 0.29) is 40.0 Å². The Kier molecular flexibility index (Phi) is 6.88. The van der Waals surface area contributed by atoms with Crippen LogP contribution in [-0.2, 0) is 26.7 Å². The third-order valence-electron chi connectivity index (χ3n) is 6.93. The van der Waals surface area contributed by atoms with Crippen molar-refractivity contribution in [3.63, 3.8) is 0 Å². The summed E-state index contributed by atoms with van der Waals surface area (Å²) in [6.45, 7) is 11.2. The second kappa shape index (κ2) is 9.59. The summed E-state index contributed by atoms with van der Waals surface area (Å²) < 4.78 is 27.5. The van der Waals surface area contributed by atoms with Gasteiger partial charge in [-0.3, -0.25) is 9.59 Å². The predicted octanol–water partition coefficient (Wildman–Crippen LogP) is 2.88. The summed E-state index contributed by atoms with van der Waals surface area (Å²) in [7, 11) is -3.64. The molecule has 1 saturated heterocycles. The molecule has 1 heterocycles. The van der Waals surface area contributed by atoms with Gasteiger partial charge in [0, 0.05) is 31.2 Å². The van der Waals surface area contributed by atoms with Crippen LogP contribution in [0.1, 0.15) is 42.3 Å². The van der Waals surface area contributed by atoms with E-state index in [2.05, 4.69) is 62.2 Å². The summed E-state index contributed by atoms with van der Waals surface area (Å²) in [5, 5.41) is 5.75. The lowest BCUT2D eigenvalue weighted by Gasteiger charge is -2.20. The van der Waals surface area contributed by atoms with E-state index in [4.69, 9.17) is 0 Å².